The molecule has 0 atom stereocenters. The molecule has 0 saturated heterocycles. The molecule has 11 heteroatoms. The minimum Gasteiger partial charge on any atom is -0.331 e. The van der Waals surface area contributed by atoms with Crippen molar-refractivity contribution in [1.29, 1.82) is 0 Å². The SMILES string of the molecule is O=C(NC(=S)NNC(=S)Nc1ccccc1)c1ccc(Cl)c([N+](=O)[O-])c1. The fourth-order valence-electron chi connectivity index (χ4n) is 1.80. The molecule has 0 aromatic heterocycles. The van der Waals surface area contributed by atoms with Crippen molar-refractivity contribution in [3.05, 3.63) is 69.2 Å². The second-order valence-corrected chi connectivity index (χ2v) is 6.00. The molecule has 0 spiro atoms. The van der Waals surface area contributed by atoms with Gasteiger partial charge in [-0.25, -0.2) is 0 Å². The van der Waals surface area contributed by atoms with Gasteiger partial charge in [0.2, 0.25) is 0 Å². The van der Waals surface area contributed by atoms with Crippen molar-refractivity contribution in [3.63, 3.8) is 0 Å². The Bertz CT molecular complexity index is 864. The normalized spacial score (nSPS) is 9.73. The summed E-state index contributed by atoms with van der Waals surface area (Å²) in [4.78, 5) is 22.3. The van der Waals surface area contributed by atoms with Gasteiger partial charge in [0, 0.05) is 17.3 Å². The maximum atomic E-state index is 12.1. The van der Waals surface area contributed by atoms with E-state index in [1.165, 1.54) is 12.1 Å². The highest BCUT2D eigenvalue weighted by atomic mass is 35.5. The Hall–Kier alpha value is -2.82. The number of carbonyl (C=O) groups is 1. The van der Waals surface area contributed by atoms with Crippen LogP contribution in [0.2, 0.25) is 5.02 Å². The Morgan fingerprint density at radius 2 is 1.69 bits per heavy atom. The fourth-order valence-corrected chi connectivity index (χ4v) is 2.30. The quantitative estimate of drug-likeness (QED) is 0.348. The van der Waals surface area contributed by atoms with Gasteiger partial charge in [-0.05, 0) is 48.7 Å². The molecule has 0 aliphatic heterocycles. The Balaban J connectivity index is 1.87. The lowest BCUT2D eigenvalue weighted by Gasteiger charge is -2.13. The third-order valence-electron chi connectivity index (χ3n) is 2.95. The molecule has 2 aromatic rings. The van der Waals surface area contributed by atoms with Crippen molar-refractivity contribution in [3.8, 4) is 0 Å². The van der Waals surface area contributed by atoms with Crippen LogP contribution in [0.15, 0.2) is 48.5 Å². The molecule has 134 valence electrons. The number of thiocarbonyl (C=S) groups is 2. The summed E-state index contributed by atoms with van der Waals surface area (Å²) in [6, 6.07) is 12.9. The Morgan fingerprint density at radius 3 is 2.35 bits per heavy atom. The van der Waals surface area contributed by atoms with Crippen LogP contribution in [-0.2, 0) is 0 Å². The number of hydrogen-bond acceptors (Lipinski definition) is 5. The van der Waals surface area contributed by atoms with Crippen LogP contribution in [0.25, 0.3) is 0 Å². The molecule has 0 heterocycles. The second kappa shape index (κ2) is 9.04. The standard InChI is InChI=1S/C15H12ClN5O3S2/c16-11-7-6-9(8-12(11)21(23)24)13(22)18-15(26)20-19-14(25)17-10-4-2-1-3-5-10/h1-8H,(H2,17,19,25)(H2,18,20,22,26). The fraction of sp³-hybridized carbons (Fsp3) is 0. The Labute approximate surface area is 164 Å². The zero-order chi connectivity index (χ0) is 19.1. The maximum absolute atomic E-state index is 12.1. The molecule has 0 aliphatic carbocycles. The summed E-state index contributed by atoms with van der Waals surface area (Å²) in [6.45, 7) is 0. The zero-order valence-corrected chi connectivity index (χ0v) is 15.4. The number of nitrogens with one attached hydrogen (secondary N) is 4. The van der Waals surface area contributed by atoms with Crippen molar-refractivity contribution < 1.29 is 9.72 Å². The Kier molecular flexibility index (Phi) is 6.78. The number of hydrogen-bond donors (Lipinski definition) is 4. The topological polar surface area (TPSA) is 108 Å². The molecule has 0 saturated carbocycles. The number of nitrogens with zero attached hydrogens (tertiary/aromatic N) is 1. The van der Waals surface area contributed by atoms with Gasteiger partial charge < -0.3 is 5.32 Å². The van der Waals surface area contributed by atoms with Gasteiger partial charge in [0.15, 0.2) is 10.2 Å². The van der Waals surface area contributed by atoms with E-state index in [9.17, 15) is 14.9 Å². The summed E-state index contributed by atoms with van der Waals surface area (Å²) in [5, 5.41) is 16.2. The van der Waals surface area contributed by atoms with E-state index in [1.807, 2.05) is 30.3 Å². The molecule has 2 rings (SSSR count). The lowest BCUT2D eigenvalue weighted by Crippen LogP contribution is -2.49. The van der Waals surface area contributed by atoms with Crippen molar-refractivity contribution in [1.82, 2.24) is 16.2 Å². The first-order valence-corrected chi connectivity index (χ1v) is 8.23. The van der Waals surface area contributed by atoms with Gasteiger partial charge in [-0.1, -0.05) is 29.8 Å². The summed E-state index contributed by atoms with van der Waals surface area (Å²) in [7, 11) is 0. The minimum absolute atomic E-state index is 0.0373. The van der Waals surface area contributed by atoms with Gasteiger partial charge in [-0.15, -0.1) is 0 Å². The van der Waals surface area contributed by atoms with Gasteiger partial charge in [0.1, 0.15) is 5.02 Å². The number of anilines is 1. The average molecular weight is 410 g/mol. The highest BCUT2D eigenvalue weighted by Crippen LogP contribution is 2.24. The van der Waals surface area contributed by atoms with Gasteiger partial charge in [0.25, 0.3) is 11.6 Å². The molecule has 0 unspecified atom stereocenters. The number of nitro benzene ring substituents is 1. The van der Waals surface area contributed by atoms with Crippen LogP contribution in [0.1, 0.15) is 10.4 Å². The number of rotatable bonds is 3. The summed E-state index contributed by atoms with van der Waals surface area (Å²) in [6.07, 6.45) is 0. The number of carbonyl (C=O) groups excluding carboxylic acids is 1. The lowest BCUT2D eigenvalue weighted by molar-refractivity contribution is -0.384. The minimum atomic E-state index is -0.676. The monoisotopic (exact) mass is 409 g/mol. The van der Waals surface area contributed by atoms with E-state index in [2.05, 4.69) is 21.5 Å². The molecule has 4 N–H and O–H groups in total. The summed E-state index contributed by atoms with van der Waals surface area (Å²) >= 11 is 15.8. The number of amides is 1. The van der Waals surface area contributed by atoms with E-state index in [-0.39, 0.29) is 26.5 Å². The van der Waals surface area contributed by atoms with E-state index < -0.39 is 10.8 Å². The predicted octanol–water partition coefficient (Wildman–Crippen LogP) is 2.75. The molecule has 0 radical (unpaired) electrons. The van der Waals surface area contributed by atoms with Crippen LogP contribution in [0.3, 0.4) is 0 Å². The number of hydrazine groups is 1. The first-order chi connectivity index (χ1) is 12.4. The van der Waals surface area contributed by atoms with Crippen LogP contribution in [0.4, 0.5) is 11.4 Å². The smallest absolute Gasteiger partial charge is 0.288 e. The van der Waals surface area contributed by atoms with Crippen molar-refractivity contribution in [2.45, 2.75) is 0 Å². The maximum Gasteiger partial charge on any atom is 0.288 e. The molecule has 2 aromatic carbocycles. The van der Waals surface area contributed by atoms with E-state index in [4.69, 9.17) is 36.0 Å². The second-order valence-electron chi connectivity index (χ2n) is 4.78. The van der Waals surface area contributed by atoms with Crippen LogP contribution >= 0.6 is 36.0 Å². The van der Waals surface area contributed by atoms with Crippen molar-refractivity contribution >= 4 is 63.5 Å². The van der Waals surface area contributed by atoms with E-state index >= 15 is 0 Å². The molecular weight excluding hydrogens is 398 g/mol. The summed E-state index contributed by atoms with van der Waals surface area (Å²) in [5.41, 5.74) is 5.59. The summed E-state index contributed by atoms with van der Waals surface area (Å²) < 4.78 is 0. The zero-order valence-electron chi connectivity index (χ0n) is 13.0. The van der Waals surface area contributed by atoms with Crippen LogP contribution < -0.4 is 21.5 Å². The van der Waals surface area contributed by atoms with Crippen LogP contribution in [0, 0.1) is 10.1 Å². The van der Waals surface area contributed by atoms with Crippen molar-refractivity contribution in [2.24, 2.45) is 0 Å². The van der Waals surface area contributed by atoms with Gasteiger partial charge >= 0.3 is 0 Å². The third-order valence-corrected chi connectivity index (χ3v) is 3.68. The van der Waals surface area contributed by atoms with Crippen LogP contribution in [-0.4, -0.2) is 21.1 Å². The number of benzene rings is 2. The van der Waals surface area contributed by atoms with Gasteiger partial charge in [-0.2, -0.15) is 0 Å². The van der Waals surface area contributed by atoms with Crippen molar-refractivity contribution in [2.75, 3.05) is 5.32 Å². The molecule has 0 fully saturated rings. The third kappa shape index (κ3) is 5.62. The van der Waals surface area contributed by atoms with Crippen LogP contribution in [0.5, 0.6) is 0 Å². The lowest BCUT2D eigenvalue weighted by atomic mass is 10.2. The molecule has 0 bridgehead atoms. The van der Waals surface area contributed by atoms with Gasteiger partial charge in [0.05, 0.1) is 4.92 Å². The first kappa shape index (κ1) is 19.5. The highest BCUT2D eigenvalue weighted by molar-refractivity contribution is 7.80. The molecular formula is C15H12ClN5O3S2. The van der Waals surface area contributed by atoms with E-state index in [0.717, 1.165) is 11.8 Å². The van der Waals surface area contributed by atoms with E-state index in [1.54, 1.807) is 0 Å². The number of nitro groups is 1. The number of para-hydroxylation sites is 1. The number of halogens is 1. The average Bonchev–Trinajstić information content (AvgIpc) is 2.61. The molecule has 1 amide bonds. The highest BCUT2D eigenvalue weighted by Gasteiger charge is 2.16. The molecule has 26 heavy (non-hydrogen) atoms. The predicted molar refractivity (Wildman–Crippen MR) is 107 cm³/mol. The largest absolute Gasteiger partial charge is 0.331 e. The Morgan fingerprint density at radius 1 is 1.04 bits per heavy atom. The summed E-state index contributed by atoms with van der Waals surface area (Å²) in [5.74, 6) is -0.633. The molecule has 0 aliphatic rings. The molecule has 8 nitrogen and oxygen atoms in total. The van der Waals surface area contributed by atoms with Gasteiger partial charge in [-0.3, -0.25) is 31.1 Å². The first-order valence-electron chi connectivity index (χ1n) is 7.04. The van der Waals surface area contributed by atoms with E-state index in [0.29, 0.717) is 0 Å².